The van der Waals surface area contributed by atoms with Crippen molar-refractivity contribution in [2.45, 2.75) is 19.4 Å². The van der Waals surface area contributed by atoms with Crippen LogP contribution in [0.3, 0.4) is 0 Å². The Morgan fingerprint density at radius 2 is 2.27 bits per heavy atom. The largest absolute Gasteiger partial charge is 0.364 e. The molecule has 0 amide bonds. The summed E-state index contributed by atoms with van der Waals surface area (Å²) in [6.45, 7) is 2.11. The van der Waals surface area contributed by atoms with Crippen LogP contribution in [0.1, 0.15) is 19.0 Å². The lowest BCUT2D eigenvalue weighted by atomic mass is 10.2. The van der Waals surface area contributed by atoms with Gasteiger partial charge in [-0.05, 0) is 12.7 Å². The van der Waals surface area contributed by atoms with Crippen molar-refractivity contribution in [3.8, 4) is 6.07 Å². The minimum absolute atomic E-state index is 0.337. The van der Waals surface area contributed by atoms with Crippen molar-refractivity contribution < 1.29 is 0 Å². The average molecular weight is 222 g/mol. The van der Waals surface area contributed by atoms with E-state index in [9.17, 15) is 0 Å². The van der Waals surface area contributed by atoms with Gasteiger partial charge in [0.1, 0.15) is 6.07 Å². The molecule has 4 nitrogen and oxygen atoms in total. The maximum absolute atomic E-state index is 8.84. The van der Waals surface area contributed by atoms with Crippen LogP contribution in [0.2, 0.25) is 0 Å². The van der Waals surface area contributed by atoms with Crippen molar-refractivity contribution in [1.82, 2.24) is 9.97 Å². The normalized spacial score (nSPS) is 11.8. The van der Waals surface area contributed by atoms with Crippen LogP contribution in [0.15, 0.2) is 12.4 Å². The quantitative estimate of drug-likeness (QED) is 0.824. The van der Waals surface area contributed by atoms with E-state index in [0.29, 0.717) is 17.6 Å². The van der Waals surface area contributed by atoms with Gasteiger partial charge in [-0.3, -0.25) is 0 Å². The summed E-state index contributed by atoms with van der Waals surface area (Å²) in [5.74, 6) is 1.58. The van der Waals surface area contributed by atoms with Gasteiger partial charge in [-0.1, -0.05) is 6.92 Å². The lowest BCUT2D eigenvalue weighted by Gasteiger charge is -2.16. The van der Waals surface area contributed by atoms with E-state index >= 15 is 0 Å². The number of aromatic nitrogens is 2. The molecule has 15 heavy (non-hydrogen) atoms. The molecule has 0 saturated heterocycles. The van der Waals surface area contributed by atoms with Gasteiger partial charge in [-0.15, -0.1) is 0 Å². The molecule has 1 unspecified atom stereocenters. The highest BCUT2D eigenvalue weighted by molar-refractivity contribution is 7.98. The van der Waals surface area contributed by atoms with Crippen molar-refractivity contribution in [2.75, 3.05) is 17.3 Å². The van der Waals surface area contributed by atoms with Crippen molar-refractivity contribution >= 4 is 17.6 Å². The molecular weight excluding hydrogens is 208 g/mol. The molecule has 1 N–H and O–H groups in total. The topological polar surface area (TPSA) is 61.6 Å². The van der Waals surface area contributed by atoms with Gasteiger partial charge in [-0.25, -0.2) is 9.97 Å². The van der Waals surface area contributed by atoms with Gasteiger partial charge >= 0.3 is 0 Å². The zero-order valence-electron chi connectivity index (χ0n) is 8.90. The molecule has 0 aliphatic heterocycles. The molecule has 1 aromatic rings. The highest BCUT2D eigenvalue weighted by Gasteiger charge is 2.09. The van der Waals surface area contributed by atoms with Crippen LogP contribution in [0.25, 0.3) is 0 Å². The average Bonchev–Trinajstić information content (AvgIpc) is 2.29. The van der Waals surface area contributed by atoms with Gasteiger partial charge in [0, 0.05) is 24.2 Å². The van der Waals surface area contributed by atoms with E-state index in [1.165, 1.54) is 6.20 Å². The number of anilines is 1. The number of thioether (sulfide) groups is 1. The first kappa shape index (κ1) is 11.8. The molecule has 5 heteroatoms. The van der Waals surface area contributed by atoms with Crippen LogP contribution in [0, 0.1) is 11.3 Å². The summed E-state index contributed by atoms with van der Waals surface area (Å²) in [6.07, 6.45) is 6.18. The molecule has 1 heterocycles. The molecule has 1 aromatic heterocycles. The summed E-state index contributed by atoms with van der Waals surface area (Å²) in [5.41, 5.74) is 0.358. The second-order valence-electron chi connectivity index (χ2n) is 3.07. The van der Waals surface area contributed by atoms with Gasteiger partial charge < -0.3 is 5.32 Å². The van der Waals surface area contributed by atoms with Gasteiger partial charge in [0.15, 0.2) is 11.5 Å². The van der Waals surface area contributed by atoms with E-state index in [1.807, 2.05) is 6.07 Å². The van der Waals surface area contributed by atoms with Crippen molar-refractivity contribution in [1.29, 1.82) is 5.26 Å². The molecule has 1 rings (SSSR count). The molecule has 0 aromatic carbocycles. The fourth-order valence-electron chi connectivity index (χ4n) is 1.18. The monoisotopic (exact) mass is 222 g/mol. The molecule has 0 fully saturated rings. The molecule has 0 saturated carbocycles. The van der Waals surface area contributed by atoms with E-state index in [4.69, 9.17) is 5.26 Å². The predicted octanol–water partition coefficient (Wildman–Crippen LogP) is 1.90. The Balaban J connectivity index is 2.74. The number of nitriles is 1. The summed E-state index contributed by atoms with van der Waals surface area (Å²) in [7, 11) is 0. The first-order valence-corrected chi connectivity index (χ1v) is 6.17. The van der Waals surface area contributed by atoms with Gasteiger partial charge in [-0.2, -0.15) is 17.0 Å². The van der Waals surface area contributed by atoms with Gasteiger partial charge in [0.05, 0.1) is 0 Å². The lowest BCUT2D eigenvalue weighted by Crippen LogP contribution is -2.22. The van der Waals surface area contributed by atoms with Crippen LogP contribution >= 0.6 is 11.8 Å². The Morgan fingerprint density at radius 3 is 2.87 bits per heavy atom. The molecule has 0 bridgehead atoms. The minimum Gasteiger partial charge on any atom is -0.364 e. The molecule has 80 valence electrons. The fraction of sp³-hybridized carbons (Fsp3) is 0.500. The van der Waals surface area contributed by atoms with E-state index in [0.717, 1.165) is 12.2 Å². The number of hydrogen-bond acceptors (Lipinski definition) is 5. The molecule has 0 aliphatic rings. The maximum Gasteiger partial charge on any atom is 0.182 e. The Hall–Kier alpha value is -1.28. The summed E-state index contributed by atoms with van der Waals surface area (Å²) in [6, 6.07) is 2.36. The molecule has 0 aliphatic carbocycles. The molecule has 1 atom stereocenters. The lowest BCUT2D eigenvalue weighted by molar-refractivity contribution is 0.768. The van der Waals surface area contributed by atoms with Crippen molar-refractivity contribution in [2.24, 2.45) is 0 Å². The second kappa shape index (κ2) is 6.25. The maximum atomic E-state index is 8.84. The minimum atomic E-state index is 0.337. The van der Waals surface area contributed by atoms with Crippen LogP contribution < -0.4 is 5.32 Å². The van der Waals surface area contributed by atoms with E-state index < -0.39 is 0 Å². The summed E-state index contributed by atoms with van der Waals surface area (Å²) in [5, 5.41) is 12.1. The highest BCUT2D eigenvalue weighted by atomic mass is 32.2. The zero-order valence-corrected chi connectivity index (χ0v) is 9.71. The van der Waals surface area contributed by atoms with Gasteiger partial charge in [0.25, 0.3) is 0 Å². The standard InChI is InChI=1S/C10H14N4S/c1-3-8(7-15-2)14-10-9(6-11)12-4-5-13-10/h4-5,8H,3,7H2,1-2H3,(H,13,14). The van der Waals surface area contributed by atoms with Crippen molar-refractivity contribution in [3.63, 3.8) is 0 Å². The second-order valence-corrected chi connectivity index (χ2v) is 3.98. The van der Waals surface area contributed by atoms with E-state index in [2.05, 4.69) is 28.5 Å². The summed E-state index contributed by atoms with van der Waals surface area (Å²) >= 11 is 1.77. The SMILES string of the molecule is CCC(CSC)Nc1nccnc1C#N. The van der Waals surface area contributed by atoms with Crippen LogP contribution in [0.4, 0.5) is 5.82 Å². The van der Waals surface area contributed by atoms with Crippen LogP contribution in [-0.4, -0.2) is 28.0 Å². The number of nitrogens with zero attached hydrogens (tertiary/aromatic N) is 3. The third-order valence-corrected chi connectivity index (χ3v) is 2.74. The van der Waals surface area contributed by atoms with E-state index in [1.54, 1.807) is 18.0 Å². The van der Waals surface area contributed by atoms with Gasteiger partial charge in [0.2, 0.25) is 0 Å². The molecular formula is C10H14N4S. The number of hydrogen-bond donors (Lipinski definition) is 1. The first-order chi connectivity index (χ1) is 7.31. The molecule has 0 spiro atoms. The Labute approximate surface area is 94.1 Å². The Bertz CT molecular complexity index is 348. The number of nitrogens with one attached hydrogen (secondary N) is 1. The zero-order chi connectivity index (χ0) is 11.1. The third-order valence-electron chi connectivity index (χ3n) is 2.01. The Morgan fingerprint density at radius 1 is 1.53 bits per heavy atom. The fourth-order valence-corrected chi connectivity index (χ4v) is 1.90. The highest BCUT2D eigenvalue weighted by Crippen LogP contribution is 2.12. The summed E-state index contributed by atoms with van der Waals surface area (Å²) in [4.78, 5) is 8.07. The first-order valence-electron chi connectivity index (χ1n) is 4.78. The predicted molar refractivity (Wildman–Crippen MR) is 62.8 cm³/mol. The number of rotatable bonds is 5. The van der Waals surface area contributed by atoms with Crippen LogP contribution in [-0.2, 0) is 0 Å². The Kier molecular flexibility index (Phi) is 4.91. The summed E-state index contributed by atoms with van der Waals surface area (Å²) < 4.78 is 0. The smallest absolute Gasteiger partial charge is 0.182 e. The third kappa shape index (κ3) is 3.40. The van der Waals surface area contributed by atoms with Crippen LogP contribution in [0.5, 0.6) is 0 Å². The van der Waals surface area contributed by atoms with Crippen molar-refractivity contribution in [3.05, 3.63) is 18.1 Å². The molecule has 0 radical (unpaired) electrons. The van der Waals surface area contributed by atoms with E-state index in [-0.39, 0.29) is 0 Å².